The van der Waals surface area contributed by atoms with Crippen LogP contribution >= 0.6 is 11.6 Å². The molecule has 28 heavy (non-hydrogen) atoms. The Balaban J connectivity index is 1.84. The lowest BCUT2D eigenvalue weighted by Crippen LogP contribution is -2.13. The van der Waals surface area contributed by atoms with Crippen LogP contribution in [0.15, 0.2) is 41.8 Å². The van der Waals surface area contributed by atoms with E-state index in [2.05, 4.69) is 31.3 Å². The molecule has 3 aromatic rings. The van der Waals surface area contributed by atoms with Crippen LogP contribution in [0, 0.1) is 11.3 Å². The van der Waals surface area contributed by atoms with Gasteiger partial charge in [0.05, 0.1) is 23.1 Å². The van der Waals surface area contributed by atoms with Gasteiger partial charge in [-0.15, -0.1) is 0 Å². The molecule has 3 heterocycles. The summed E-state index contributed by atoms with van der Waals surface area (Å²) in [5, 5.41) is 14.2. The third kappa shape index (κ3) is 3.04. The molecule has 2 aromatic heterocycles. The number of halogens is 1. The highest BCUT2D eigenvalue weighted by molar-refractivity contribution is 6.35. The average molecular weight is 390 g/mol. The number of fused-ring (bicyclic) bond motifs is 1. The van der Waals surface area contributed by atoms with Crippen molar-refractivity contribution in [2.75, 3.05) is 17.6 Å². The van der Waals surface area contributed by atoms with E-state index in [0.29, 0.717) is 17.4 Å². The van der Waals surface area contributed by atoms with Gasteiger partial charge in [0.1, 0.15) is 29.6 Å². The highest BCUT2D eigenvalue weighted by atomic mass is 35.5. The Labute approximate surface area is 166 Å². The number of hydrogen-bond acceptors (Lipinski definition) is 7. The van der Waals surface area contributed by atoms with Crippen molar-refractivity contribution < 1.29 is 0 Å². The number of rotatable bonds is 4. The van der Waals surface area contributed by atoms with Crippen LogP contribution in [0.2, 0.25) is 5.02 Å². The van der Waals surface area contributed by atoms with E-state index in [4.69, 9.17) is 17.3 Å². The molecule has 0 saturated heterocycles. The molecule has 0 bridgehead atoms. The highest BCUT2D eigenvalue weighted by Crippen LogP contribution is 2.35. The molecule has 0 saturated carbocycles. The first-order valence-corrected chi connectivity index (χ1v) is 9.01. The predicted molar refractivity (Wildman–Crippen MR) is 111 cm³/mol. The van der Waals surface area contributed by atoms with E-state index < -0.39 is 0 Å². The molecular weight excluding hydrogens is 374 g/mol. The number of aliphatic imine (C=N–C) groups is 1. The number of anilines is 2. The molecule has 7 nitrogen and oxygen atoms in total. The van der Waals surface area contributed by atoms with Crippen LogP contribution in [-0.4, -0.2) is 27.7 Å². The number of pyridine rings is 1. The fourth-order valence-electron chi connectivity index (χ4n) is 3.30. The summed E-state index contributed by atoms with van der Waals surface area (Å²) in [5.41, 5.74) is 9.83. The zero-order valence-electron chi connectivity index (χ0n) is 15.0. The van der Waals surface area contributed by atoms with E-state index in [1.807, 2.05) is 31.2 Å². The molecule has 3 N–H and O–H groups in total. The molecular formula is C20H16ClN7. The maximum Gasteiger partial charge on any atom is 0.150 e. The van der Waals surface area contributed by atoms with Gasteiger partial charge in [-0.2, -0.15) is 5.26 Å². The van der Waals surface area contributed by atoms with E-state index >= 15 is 0 Å². The fourth-order valence-corrected chi connectivity index (χ4v) is 3.52. The molecule has 0 radical (unpaired) electrons. The lowest BCUT2D eigenvalue weighted by Gasteiger charge is -2.21. The van der Waals surface area contributed by atoms with Gasteiger partial charge in [0.15, 0.2) is 0 Å². The summed E-state index contributed by atoms with van der Waals surface area (Å²) >= 11 is 6.36. The number of nitrogen functional groups attached to an aromatic ring is 1. The van der Waals surface area contributed by atoms with Crippen LogP contribution in [0.3, 0.4) is 0 Å². The third-order valence-corrected chi connectivity index (χ3v) is 4.95. The Morgan fingerprint density at radius 3 is 2.89 bits per heavy atom. The number of aromatic nitrogens is 3. The summed E-state index contributed by atoms with van der Waals surface area (Å²) in [4.78, 5) is 16.9. The minimum Gasteiger partial charge on any atom is -0.382 e. The number of allylic oxidation sites excluding steroid dienone is 1. The highest BCUT2D eigenvalue weighted by Gasteiger charge is 2.21. The van der Waals surface area contributed by atoms with Gasteiger partial charge in [0.25, 0.3) is 0 Å². The monoisotopic (exact) mass is 389 g/mol. The first-order chi connectivity index (χ1) is 13.6. The van der Waals surface area contributed by atoms with Crippen molar-refractivity contribution in [2.24, 2.45) is 4.99 Å². The van der Waals surface area contributed by atoms with Gasteiger partial charge in [0, 0.05) is 23.4 Å². The smallest absolute Gasteiger partial charge is 0.150 e. The number of para-hydroxylation sites is 1. The zero-order valence-corrected chi connectivity index (χ0v) is 15.8. The summed E-state index contributed by atoms with van der Waals surface area (Å²) in [5.74, 6) is 0.527. The van der Waals surface area contributed by atoms with Crippen LogP contribution < -0.4 is 11.1 Å². The topological polar surface area (TPSA) is 113 Å². The summed E-state index contributed by atoms with van der Waals surface area (Å²) in [6.07, 6.45) is 6.93. The predicted octanol–water partition coefficient (Wildman–Crippen LogP) is 3.77. The standard InChI is InChI=1S/C20H16ClN7/c1-11(28-20-14(7-22)19(23)26-10-27-20)15-9-25-18-13(3-2-4-16(18)21)17(15)12-5-6-24-8-12/h2-6,9-11H,8H2,1H3,(H3,23,26,27,28). The van der Waals surface area contributed by atoms with Crippen LogP contribution in [0.25, 0.3) is 16.5 Å². The van der Waals surface area contributed by atoms with Crippen molar-refractivity contribution in [2.45, 2.75) is 13.0 Å². The Morgan fingerprint density at radius 2 is 2.14 bits per heavy atom. The van der Waals surface area contributed by atoms with Crippen molar-refractivity contribution in [3.63, 3.8) is 0 Å². The van der Waals surface area contributed by atoms with E-state index in [-0.39, 0.29) is 17.4 Å². The molecule has 0 aliphatic carbocycles. The average Bonchev–Trinajstić information content (AvgIpc) is 3.22. The Kier molecular flexibility index (Phi) is 4.63. The fraction of sp³-hybridized carbons (Fsp3) is 0.150. The van der Waals surface area contributed by atoms with Gasteiger partial charge < -0.3 is 11.1 Å². The number of nitriles is 1. The molecule has 4 rings (SSSR count). The van der Waals surface area contributed by atoms with Gasteiger partial charge in [0.2, 0.25) is 0 Å². The van der Waals surface area contributed by atoms with Crippen molar-refractivity contribution in [1.82, 2.24) is 15.0 Å². The van der Waals surface area contributed by atoms with Crippen LogP contribution in [-0.2, 0) is 0 Å². The Hall–Kier alpha value is -3.50. The lowest BCUT2D eigenvalue weighted by atomic mass is 9.93. The molecule has 1 aromatic carbocycles. The van der Waals surface area contributed by atoms with Crippen LogP contribution in [0.5, 0.6) is 0 Å². The summed E-state index contributed by atoms with van der Waals surface area (Å²) in [6.45, 7) is 2.57. The number of benzene rings is 1. The van der Waals surface area contributed by atoms with Crippen molar-refractivity contribution in [1.29, 1.82) is 5.26 Å². The first-order valence-electron chi connectivity index (χ1n) is 8.63. The normalized spacial score (nSPS) is 14.0. The molecule has 0 fully saturated rings. The number of nitrogens with one attached hydrogen (secondary N) is 1. The summed E-state index contributed by atoms with van der Waals surface area (Å²) < 4.78 is 0. The van der Waals surface area contributed by atoms with Gasteiger partial charge in [-0.25, -0.2) is 9.97 Å². The Bertz CT molecular complexity index is 1180. The molecule has 1 aliphatic rings. The quantitative estimate of drug-likeness (QED) is 0.702. The molecule has 138 valence electrons. The number of nitrogens with zero attached hydrogens (tertiary/aromatic N) is 5. The van der Waals surface area contributed by atoms with E-state index in [0.717, 1.165) is 27.6 Å². The summed E-state index contributed by atoms with van der Waals surface area (Å²) in [7, 11) is 0. The van der Waals surface area contributed by atoms with Crippen molar-refractivity contribution in [3.8, 4) is 6.07 Å². The van der Waals surface area contributed by atoms with Gasteiger partial charge in [-0.1, -0.05) is 23.7 Å². The second-order valence-corrected chi connectivity index (χ2v) is 6.77. The zero-order chi connectivity index (χ0) is 19.7. The van der Waals surface area contributed by atoms with E-state index in [9.17, 15) is 5.26 Å². The maximum atomic E-state index is 9.38. The SMILES string of the molecule is CC(Nc1ncnc(N)c1C#N)c1cnc2c(Cl)cccc2c1C1=CC=NC1. The molecule has 1 unspecified atom stereocenters. The summed E-state index contributed by atoms with van der Waals surface area (Å²) in [6, 6.07) is 7.59. The van der Waals surface area contributed by atoms with E-state index in [1.54, 1.807) is 12.4 Å². The largest absolute Gasteiger partial charge is 0.382 e. The molecule has 0 amide bonds. The van der Waals surface area contributed by atoms with Crippen LogP contribution in [0.1, 0.15) is 29.7 Å². The van der Waals surface area contributed by atoms with Gasteiger partial charge in [-0.3, -0.25) is 9.98 Å². The Morgan fingerprint density at radius 1 is 1.29 bits per heavy atom. The van der Waals surface area contributed by atoms with Crippen molar-refractivity contribution in [3.05, 3.63) is 58.5 Å². The first kappa shape index (κ1) is 17.9. The number of hydrogen-bond donors (Lipinski definition) is 2. The van der Waals surface area contributed by atoms with Crippen LogP contribution in [0.4, 0.5) is 11.6 Å². The van der Waals surface area contributed by atoms with Gasteiger partial charge >= 0.3 is 0 Å². The molecule has 8 heteroatoms. The molecule has 1 atom stereocenters. The minimum atomic E-state index is -0.200. The van der Waals surface area contributed by atoms with Gasteiger partial charge in [-0.05, 0) is 30.2 Å². The molecule has 0 spiro atoms. The van der Waals surface area contributed by atoms with E-state index in [1.165, 1.54) is 6.33 Å². The van der Waals surface area contributed by atoms with Crippen molar-refractivity contribution >= 4 is 45.9 Å². The second-order valence-electron chi connectivity index (χ2n) is 6.37. The lowest BCUT2D eigenvalue weighted by molar-refractivity contribution is 0.862. The molecule has 1 aliphatic heterocycles. The second kappa shape index (κ2) is 7.25. The minimum absolute atomic E-state index is 0.141. The maximum absolute atomic E-state index is 9.38. The number of nitrogens with two attached hydrogens (primary N) is 1. The third-order valence-electron chi connectivity index (χ3n) is 4.65.